The molecule has 5 nitrogen and oxygen atoms in total. The number of nitrogens with two attached hydrogens (primary N) is 1. The van der Waals surface area contributed by atoms with Gasteiger partial charge in [0.15, 0.2) is 0 Å². The first kappa shape index (κ1) is 15.9. The number of hydrogen-bond donors (Lipinski definition) is 3. The van der Waals surface area contributed by atoms with Gasteiger partial charge in [-0.15, -0.1) is 0 Å². The van der Waals surface area contributed by atoms with E-state index in [1.54, 1.807) is 0 Å². The van der Waals surface area contributed by atoms with E-state index in [4.69, 9.17) is 10.8 Å². The maximum Gasteiger partial charge on any atom is 0.240 e. The first-order chi connectivity index (χ1) is 8.90. The second-order valence-corrected chi connectivity index (χ2v) is 6.09. The Hall–Kier alpha value is -1.18. The number of nitrogens with one attached hydrogen (secondary N) is 1. The molecule has 1 unspecified atom stereocenters. The average molecular weight is 290 g/mol. The normalized spacial score (nSPS) is 13.4. The van der Waals surface area contributed by atoms with Gasteiger partial charge in [-0.05, 0) is 30.5 Å². The molecule has 1 aromatic carbocycles. The monoisotopic (exact) mass is 290 g/mol. The van der Waals surface area contributed by atoms with Crippen molar-refractivity contribution in [3.05, 3.63) is 24.0 Å². The number of aliphatic hydroxyl groups excluding tert-OH is 1. The van der Waals surface area contributed by atoms with E-state index in [-0.39, 0.29) is 29.7 Å². The van der Waals surface area contributed by atoms with Gasteiger partial charge in [0, 0.05) is 13.2 Å². The quantitative estimate of drug-likeness (QED) is 0.656. The Morgan fingerprint density at radius 1 is 1.47 bits per heavy atom. The van der Waals surface area contributed by atoms with Gasteiger partial charge in [0.2, 0.25) is 10.0 Å². The molecule has 0 saturated heterocycles. The van der Waals surface area contributed by atoms with E-state index in [1.807, 2.05) is 6.92 Å². The molecule has 0 amide bonds. The van der Waals surface area contributed by atoms with Crippen molar-refractivity contribution in [3.8, 4) is 0 Å². The second kappa shape index (κ2) is 6.83. The summed E-state index contributed by atoms with van der Waals surface area (Å²) >= 11 is 0. The molecule has 0 bridgehead atoms. The maximum atomic E-state index is 13.0. The Bertz CT molecular complexity index is 520. The summed E-state index contributed by atoms with van der Waals surface area (Å²) in [4.78, 5) is -0.0646. The van der Waals surface area contributed by atoms with Crippen molar-refractivity contribution in [3.63, 3.8) is 0 Å². The fraction of sp³-hybridized carbons (Fsp3) is 0.500. The van der Waals surface area contributed by atoms with Crippen LogP contribution in [-0.2, 0) is 10.0 Å². The van der Waals surface area contributed by atoms with Gasteiger partial charge in [-0.25, -0.2) is 17.5 Å². The Balaban J connectivity index is 2.78. The van der Waals surface area contributed by atoms with Gasteiger partial charge in [-0.1, -0.05) is 13.3 Å². The van der Waals surface area contributed by atoms with Crippen molar-refractivity contribution in [2.75, 3.05) is 18.9 Å². The molecule has 7 heteroatoms. The van der Waals surface area contributed by atoms with E-state index < -0.39 is 15.8 Å². The van der Waals surface area contributed by atoms with Crippen molar-refractivity contribution >= 4 is 15.7 Å². The Morgan fingerprint density at radius 2 is 2.16 bits per heavy atom. The first-order valence-electron chi connectivity index (χ1n) is 6.06. The minimum Gasteiger partial charge on any atom is -0.396 e. The van der Waals surface area contributed by atoms with Crippen molar-refractivity contribution in [2.45, 2.75) is 24.7 Å². The van der Waals surface area contributed by atoms with Crippen LogP contribution < -0.4 is 10.5 Å². The third-order valence-corrected chi connectivity index (χ3v) is 4.38. The molecule has 1 rings (SSSR count). The molecule has 0 heterocycles. The van der Waals surface area contributed by atoms with Gasteiger partial charge in [-0.3, -0.25) is 0 Å². The fourth-order valence-electron chi connectivity index (χ4n) is 1.63. The van der Waals surface area contributed by atoms with Gasteiger partial charge in [-0.2, -0.15) is 0 Å². The minimum absolute atomic E-state index is 0.0176. The third-order valence-electron chi connectivity index (χ3n) is 2.95. The second-order valence-electron chi connectivity index (χ2n) is 4.32. The largest absolute Gasteiger partial charge is 0.396 e. The van der Waals surface area contributed by atoms with Crippen LogP contribution in [-0.4, -0.2) is 26.7 Å². The predicted octanol–water partition coefficient (Wildman–Crippen LogP) is 1.09. The van der Waals surface area contributed by atoms with Crippen LogP contribution in [0.2, 0.25) is 0 Å². The van der Waals surface area contributed by atoms with Crippen LogP contribution in [0.4, 0.5) is 10.1 Å². The number of sulfonamides is 1. The van der Waals surface area contributed by atoms with Crippen LogP contribution in [0.3, 0.4) is 0 Å². The summed E-state index contributed by atoms with van der Waals surface area (Å²) in [6.45, 7) is 2.17. The molecular weight excluding hydrogens is 271 g/mol. The Labute approximate surface area is 112 Å². The van der Waals surface area contributed by atoms with Gasteiger partial charge >= 0.3 is 0 Å². The highest BCUT2D eigenvalue weighted by Crippen LogP contribution is 2.17. The summed E-state index contributed by atoms with van der Waals surface area (Å²) in [5.74, 6) is -0.580. The number of nitrogen functional groups attached to an aromatic ring is 1. The third kappa shape index (κ3) is 4.45. The highest BCUT2D eigenvalue weighted by Gasteiger charge is 2.17. The molecule has 0 saturated carbocycles. The standard InChI is InChI=1S/C12H19FN2O3S/c1-2-9(5-6-16)8-15-19(17,18)10-3-4-11(13)12(14)7-10/h3-4,7,9,15-16H,2,5-6,8,14H2,1H3. The number of halogens is 1. The topological polar surface area (TPSA) is 92.4 Å². The fourth-order valence-corrected chi connectivity index (χ4v) is 2.78. The van der Waals surface area contributed by atoms with E-state index in [0.717, 1.165) is 18.6 Å². The van der Waals surface area contributed by atoms with E-state index in [0.29, 0.717) is 6.42 Å². The van der Waals surface area contributed by atoms with Crippen LogP contribution in [0.5, 0.6) is 0 Å². The lowest BCUT2D eigenvalue weighted by atomic mass is 10.0. The zero-order valence-electron chi connectivity index (χ0n) is 10.8. The van der Waals surface area contributed by atoms with Crippen molar-refractivity contribution in [2.24, 2.45) is 5.92 Å². The van der Waals surface area contributed by atoms with Crippen LogP contribution >= 0.6 is 0 Å². The molecule has 0 radical (unpaired) electrons. The van der Waals surface area contributed by atoms with E-state index in [1.165, 1.54) is 6.07 Å². The molecule has 1 atom stereocenters. The molecule has 19 heavy (non-hydrogen) atoms. The molecule has 0 aliphatic heterocycles. The average Bonchev–Trinajstić information content (AvgIpc) is 2.37. The van der Waals surface area contributed by atoms with Crippen molar-refractivity contribution in [1.82, 2.24) is 4.72 Å². The van der Waals surface area contributed by atoms with Gasteiger partial charge in [0.25, 0.3) is 0 Å². The van der Waals surface area contributed by atoms with Crippen molar-refractivity contribution in [1.29, 1.82) is 0 Å². The lowest BCUT2D eigenvalue weighted by Gasteiger charge is -2.14. The number of hydrogen-bond acceptors (Lipinski definition) is 4. The number of anilines is 1. The van der Waals surface area contributed by atoms with E-state index in [9.17, 15) is 12.8 Å². The number of rotatable bonds is 7. The maximum absolute atomic E-state index is 13.0. The number of aliphatic hydroxyl groups is 1. The summed E-state index contributed by atoms with van der Waals surface area (Å²) in [7, 11) is -3.70. The highest BCUT2D eigenvalue weighted by atomic mass is 32.2. The summed E-state index contributed by atoms with van der Waals surface area (Å²) in [6.07, 6.45) is 1.29. The molecular formula is C12H19FN2O3S. The highest BCUT2D eigenvalue weighted by molar-refractivity contribution is 7.89. The first-order valence-corrected chi connectivity index (χ1v) is 7.54. The van der Waals surface area contributed by atoms with Crippen molar-refractivity contribution < 1.29 is 17.9 Å². The molecule has 4 N–H and O–H groups in total. The van der Waals surface area contributed by atoms with Crippen LogP contribution in [0, 0.1) is 11.7 Å². The molecule has 0 spiro atoms. The lowest BCUT2D eigenvalue weighted by molar-refractivity contribution is 0.254. The van der Waals surface area contributed by atoms with Gasteiger partial charge < -0.3 is 10.8 Å². The number of benzene rings is 1. The smallest absolute Gasteiger partial charge is 0.240 e. The van der Waals surface area contributed by atoms with Crippen LogP contribution in [0.15, 0.2) is 23.1 Å². The van der Waals surface area contributed by atoms with Gasteiger partial charge in [0.05, 0.1) is 10.6 Å². The Morgan fingerprint density at radius 3 is 2.68 bits per heavy atom. The zero-order valence-corrected chi connectivity index (χ0v) is 11.6. The minimum atomic E-state index is -3.70. The molecule has 0 aliphatic rings. The Kier molecular flexibility index (Phi) is 5.71. The summed E-state index contributed by atoms with van der Waals surface area (Å²) in [5.41, 5.74) is 5.14. The molecule has 1 aromatic rings. The molecule has 0 aliphatic carbocycles. The van der Waals surface area contributed by atoms with E-state index >= 15 is 0 Å². The molecule has 108 valence electrons. The van der Waals surface area contributed by atoms with Crippen LogP contribution in [0.25, 0.3) is 0 Å². The van der Waals surface area contributed by atoms with E-state index in [2.05, 4.69) is 4.72 Å². The molecule has 0 aromatic heterocycles. The zero-order chi connectivity index (χ0) is 14.5. The molecule has 0 fully saturated rings. The SMILES string of the molecule is CCC(CCO)CNS(=O)(=O)c1ccc(F)c(N)c1. The lowest BCUT2D eigenvalue weighted by Crippen LogP contribution is -2.29. The van der Waals surface area contributed by atoms with Gasteiger partial charge in [0.1, 0.15) is 5.82 Å². The summed E-state index contributed by atoms with van der Waals surface area (Å²) < 4.78 is 39.4. The predicted molar refractivity (Wildman–Crippen MR) is 71.5 cm³/mol. The summed E-state index contributed by atoms with van der Waals surface area (Å²) in [6, 6.07) is 3.28. The van der Waals surface area contributed by atoms with Crippen LogP contribution in [0.1, 0.15) is 19.8 Å². The summed E-state index contributed by atoms with van der Waals surface area (Å²) in [5, 5.41) is 8.85.